The van der Waals surface area contributed by atoms with Gasteiger partial charge in [0.1, 0.15) is 11.8 Å². The van der Waals surface area contributed by atoms with E-state index in [-0.39, 0.29) is 0 Å². The summed E-state index contributed by atoms with van der Waals surface area (Å²) in [6.45, 7) is 3.54. The number of hydrogen-bond donors (Lipinski definition) is 2. The lowest BCUT2D eigenvalue weighted by atomic mass is 9.92. The topological polar surface area (TPSA) is 50.0 Å². The fourth-order valence-corrected chi connectivity index (χ4v) is 4.18. The van der Waals surface area contributed by atoms with Crippen LogP contribution in [0.1, 0.15) is 44.2 Å². The van der Waals surface area contributed by atoms with Crippen LogP contribution in [-0.2, 0) is 0 Å². The number of hydrogen-bond acceptors (Lipinski definition) is 4. The monoisotopic (exact) mass is 405 g/mol. The average Bonchev–Trinajstić information content (AvgIpc) is 3.01. The van der Waals surface area contributed by atoms with E-state index in [4.69, 9.17) is 4.74 Å². The van der Waals surface area contributed by atoms with Crippen molar-refractivity contribution in [3.05, 3.63) is 48.0 Å². The molecule has 0 spiro atoms. The van der Waals surface area contributed by atoms with Gasteiger partial charge in [-0.1, -0.05) is 12.1 Å². The molecule has 1 aromatic heterocycles. The van der Waals surface area contributed by atoms with Crippen LogP contribution in [0.2, 0.25) is 0 Å². The lowest BCUT2D eigenvalue weighted by molar-refractivity contribution is 0.322. The molecule has 1 fully saturated rings. The highest BCUT2D eigenvalue weighted by Crippen LogP contribution is 2.43. The molecule has 1 aliphatic carbocycles. The highest BCUT2D eigenvalue weighted by Gasteiger charge is 2.27. The number of fused-ring (bicyclic) bond motifs is 1. The number of rotatable bonds is 8. The van der Waals surface area contributed by atoms with Crippen LogP contribution in [0.15, 0.2) is 42.5 Å². The Morgan fingerprint density at radius 1 is 1.21 bits per heavy atom. The summed E-state index contributed by atoms with van der Waals surface area (Å²) in [6, 6.07) is 17.5. The molecule has 0 unspecified atom stereocenters. The van der Waals surface area contributed by atoms with Gasteiger partial charge in [0.15, 0.2) is 0 Å². The Balaban J connectivity index is 1.81. The van der Waals surface area contributed by atoms with Gasteiger partial charge in [-0.2, -0.15) is 17.9 Å². The molecule has 0 aliphatic heterocycles. The fourth-order valence-electron chi connectivity index (χ4n) is 4.03. The maximum atomic E-state index is 10.0. The Hall–Kier alpha value is -2.58. The van der Waals surface area contributed by atoms with Gasteiger partial charge in [-0.05, 0) is 68.2 Å². The molecule has 1 aliphatic rings. The van der Waals surface area contributed by atoms with E-state index in [1.807, 2.05) is 19.1 Å². The summed E-state index contributed by atoms with van der Waals surface area (Å²) >= 11 is 4.26. The zero-order valence-electron chi connectivity index (χ0n) is 16.8. The lowest BCUT2D eigenvalue weighted by Gasteiger charge is -2.30. The van der Waals surface area contributed by atoms with Gasteiger partial charge in [-0.25, -0.2) is 0 Å². The summed E-state index contributed by atoms with van der Waals surface area (Å²) in [5.41, 5.74) is 5.07. The molecule has 4 nitrogen and oxygen atoms in total. The second kappa shape index (κ2) is 8.84. The Kier molecular flexibility index (Phi) is 6.01. The molecule has 1 saturated carbocycles. The van der Waals surface area contributed by atoms with E-state index >= 15 is 0 Å². The van der Waals surface area contributed by atoms with Crippen LogP contribution in [0, 0.1) is 11.3 Å². The first kappa shape index (κ1) is 19.7. The van der Waals surface area contributed by atoms with Gasteiger partial charge >= 0.3 is 0 Å². The Morgan fingerprint density at radius 2 is 2.00 bits per heavy atom. The molecule has 1 N–H and O–H groups in total. The predicted octanol–water partition coefficient (Wildman–Crippen LogP) is 6.04. The van der Waals surface area contributed by atoms with Crippen LogP contribution >= 0.6 is 12.6 Å². The van der Waals surface area contributed by atoms with Gasteiger partial charge in [0.25, 0.3) is 0 Å². The van der Waals surface area contributed by atoms with Crippen molar-refractivity contribution in [3.63, 3.8) is 0 Å². The Morgan fingerprint density at radius 3 is 2.62 bits per heavy atom. The quantitative estimate of drug-likeness (QED) is 0.355. The number of benzene rings is 2. The molecule has 29 heavy (non-hydrogen) atoms. The van der Waals surface area contributed by atoms with Gasteiger partial charge in [0, 0.05) is 29.7 Å². The lowest BCUT2D eigenvalue weighted by Crippen LogP contribution is -2.17. The van der Waals surface area contributed by atoms with Crippen molar-refractivity contribution in [2.24, 2.45) is 0 Å². The Bertz CT molecular complexity index is 1030. The first-order valence-corrected chi connectivity index (χ1v) is 11.1. The van der Waals surface area contributed by atoms with E-state index in [2.05, 4.69) is 58.9 Å². The molecule has 150 valence electrons. The highest BCUT2D eigenvalue weighted by atomic mass is 32.1. The Labute approximate surface area is 177 Å². The SMILES string of the molecule is CCOc1ccc2c(C#N)c(-c3ccc(NCCCS)cc3)n(C3CCC3)c2c1. The maximum Gasteiger partial charge on any atom is 0.121 e. The van der Waals surface area contributed by atoms with E-state index in [9.17, 15) is 5.26 Å². The molecule has 0 atom stereocenters. The van der Waals surface area contributed by atoms with Crippen molar-refractivity contribution in [1.82, 2.24) is 4.57 Å². The third-order valence-electron chi connectivity index (χ3n) is 5.66. The standard InChI is InChI=1S/C24H27N3OS/c1-2-28-20-11-12-21-22(16-25)24(27(23(21)15-20)19-5-3-6-19)17-7-9-18(10-8-17)26-13-4-14-29/h7-12,15,19,26,29H,2-6,13-14H2,1H3. The second-order valence-electron chi connectivity index (χ2n) is 7.48. The van der Waals surface area contributed by atoms with E-state index in [0.29, 0.717) is 12.6 Å². The average molecular weight is 406 g/mol. The van der Waals surface area contributed by atoms with E-state index in [0.717, 1.165) is 70.7 Å². The normalized spacial score (nSPS) is 13.8. The number of ether oxygens (including phenoxy) is 1. The first-order chi connectivity index (χ1) is 14.3. The van der Waals surface area contributed by atoms with Crippen molar-refractivity contribution in [2.45, 2.75) is 38.6 Å². The van der Waals surface area contributed by atoms with Crippen LogP contribution in [0.4, 0.5) is 5.69 Å². The van der Waals surface area contributed by atoms with Gasteiger partial charge in [-0.15, -0.1) is 0 Å². The molecule has 3 aromatic rings. The van der Waals surface area contributed by atoms with Gasteiger partial charge in [0.2, 0.25) is 0 Å². The molecule has 0 bridgehead atoms. The number of nitrogens with zero attached hydrogens (tertiary/aromatic N) is 2. The molecule has 1 heterocycles. The first-order valence-electron chi connectivity index (χ1n) is 10.4. The number of thiol groups is 1. The van der Waals surface area contributed by atoms with Crippen molar-refractivity contribution in [2.75, 3.05) is 24.2 Å². The summed E-state index contributed by atoms with van der Waals surface area (Å²) in [5, 5.41) is 14.5. The van der Waals surface area contributed by atoms with Crippen molar-refractivity contribution in [1.29, 1.82) is 5.26 Å². The number of aromatic nitrogens is 1. The minimum atomic E-state index is 0.444. The van der Waals surface area contributed by atoms with Crippen molar-refractivity contribution >= 4 is 29.2 Å². The summed E-state index contributed by atoms with van der Waals surface area (Å²) in [6.07, 6.45) is 4.58. The number of nitriles is 1. The third-order valence-corrected chi connectivity index (χ3v) is 5.98. The summed E-state index contributed by atoms with van der Waals surface area (Å²) in [5.74, 6) is 1.74. The maximum absolute atomic E-state index is 10.0. The van der Waals surface area contributed by atoms with Crippen LogP contribution in [0.5, 0.6) is 5.75 Å². The van der Waals surface area contributed by atoms with E-state index < -0.39 is 0 Å². The fraction of sp³-hybridized carbons (Fsp3) is 0.375. The molecular formula is C24H27N3OS. The van der Waals surface area contributed by atoms with Crippen LogP contribution < -0.4 is 10.1 Å². The summed E-state index contributed by atoms with van der Waals surface area (Å²) < 4.78 is 8.12. The van der Waals surface area contributed by atoms with E-state index in [1.165, 1.54) is 6.42 Å². The number of anilines is 1. The molecular weight excluding hydrogens is 378 g/mol. The minimum Gasteiger partial charge on any atom is -0.494 e. The summed E-state index contributed by atoms with van der Waals surface area (Å²) in [4.78, 5) is 0. The molecule has 4 rings (SSSR count). The van der Waals surface area contributed by atoms with Crippen LogP contribution in [-0.4, -0.2) is 23.5 Å². The van der Waals surface area contributed by atoms with Crippen LogP contribution in [0.3, 0.4) is 0 Å². The van der Waals surface area contributed by atoms with Gasteiger partial charge < -0.3 is 14.6 Å². The second-order valence-corrected chi connectivity index (χ2v) is 7.93. The number of nitrogens with one attached hydrogen (secondary N) is 1. The molecule has 0 radical (unpaired) electrons. The minimum absolute atomic E-state index is 0.444. The zero-order chi connectivity index (χ0) is 20.2. The largest absolute Gasteiger partial charge is 0.494 e. The summed E-state index contributed by atoms with van der Waals surface area (Å²) in [7, 11) is 0. The third kappa shape index (κ3) is 3.82. The van der Waals surface area contributed by atoms with E-state index in [1.54, 1.807) is 0 Å². The molecule has 5 heteroatoms. The van der Waals surface area contributed by atoms with Gasteiger partial charge in [0.05, 0.1) is 23.4 Å². The smallest absolute Gasteiger partial charge is 0.121 e. The zero-order valence-corrected chi connectivity index (χ0v) is 17.7. The van der Waals surface area contributed by atoms with Crippen molar-refractivity contribution < 1.29 is 4.74 Å². The van der Waals surface area contributed by atoms with Crippen molar-refractivity contribution in [3.8, 4) is 23.1 Å². The molecule has 0 amide bonds. The molecule has 0 saturated heterocycles. The predicted molar refractivity (Wildman–Crippen MR) is 123 cm³/mol. The highest BCUT2D eigenvalue weighted by molar-refractivity contribution is 7.80. The van der Waals surface area contributed by atoms with Gasteiger partial charge in [-0.3, -0.25) is 0 Å². The molecule has 2 aromatic carbocycles. The van der Waals surface area contributed by atoms with Crippen LogP contribution in [0.25, 0.3) is 22.2 Å².